The summed E-state index contributed by atoms with van der Waals surface area (Å²) in [6, 6.07) is -0.337. The lowest BCUT2D eigenvalue weighted by atomic mass is 10.2. The molecule has 2 atom stereocenters. The van der Waals surface area contributed by atoms with Gasteiger partial charge in [0.05, 0.1) is 23.7 Å². The predicted octanol–water partition coefficient (Wildman–Crippen LogP) is 1.39. The predicted molar refractivity (Wildman–Crippen MR) is 52.9 cm³/mol. The zero-order valence-electron chi connectivity index (χ0n) is 7.28. The molecule has 0 amide bonds. The van der Waals surface area contributed by atoms with Crippen LogP contribution in [-0.2, 0) is 4.74 Å². The molecule has 0 aliphatic carbocycles. The number of halogens is 2. The van der Waals surface area contributed by atoms with Gasteiger partial charge in [0.15, 0.2) is 0 Å². The summed E-state index contributed by atoms with van der Waals surface area (Å²) in [4.78, 5) is 7.97. The third-order valence-electron chi connectivity index (χ3n) is 1.95. The van der Waals surface area contributed by atoms with Crippen molar-refractivity contribution in [1.82, 2.24) is 9.97 Å². The maximum absolute atomic E-state index is 13.1. The van der Waals surface area contributed by atoms with Gasteiger partial charge in [0.1, 0.15) is 6.17 Å². The topological polar surface area (TPSA) is 47.0 Å². The molecule has 0 radical (unpaired) electrons. The average Bonchev–Trinajstić information content (AvgIpc) is 2.56. The smallest absolute Gasteiger partial charge is 0.223 e. The van der Waals surface area contributed by atoms with Crippen LogP contribution in [-0.4, -0.2) is 35.4 Å². The Balaban J connectivity index is 2.00. The quantitative estimate of drug-likeness (QED) is 0.874. The van der Waals surface area contributed by atoms with Gasteiger partial charge in [0.25, 0.3) is 0 Å². The van der Waals surface area contributed by atoms with Crippen LogP contribution in [0.4, 0.5) is 10.3 Å². The van der Waals surface area contributed by atoms with E-state index in [0.717, 1.165) is 4.47 Å². The van der Waals surface area contributed by atoms with E-state index in [1.807, 2.05) is 0 Å². The van der Waals surface area contributed by atoms with E-state index in [1.165, 1.54) is 0 Å². The lowest BCUT2D eigenvalue weighted by Gasteiger charge is -2.12. The largest absolute Gasteiger partial charge is 0.376 e. The maximum atomic E-state index is 13.1. The Morgan fingerprint density at radius 1 is 1.43 bits per heavy atom. The first-order valence-corrected chi connectivity index (χ1v) is 5.01. The second-order valence-corrected chi connectivity index (χ2v) is 3.94. The fourth-order valence-corrected chi connectivity index (χ4v) is 1.42. The molecule has 1 aromatic heterocycles. The van der Waals surface area contributed by atoms with Gasteiger partial charge in [-0.1, -0.05) is 0 Å². The van der Waals surface area contributed by atoms with E-state index in [4.69, 9.17) is 4.74 Å². The summed E-state index contributed by atoms with van der Waals surface area (Å²) >= 11 is 3.22. The van der Waals surface area contributed by atoms with Crippen molar-refractivity contribution in [2.24, 2.45) is 0 Å². The summed E-state index contributed by atoms with van der Waals surface area (Å²) in [5.41, 5.74) is 0. The van der Waals surface area contributed by atoms with Crippen LogP contribution in [0.2, 0.25) is 0 Å². The Morgan fingerprint density at radius 3 is 2.71 bits per heavy atom. The summed E-state index contributed by atoms with van der Waals surface area (Å²) in [7, 11) is 0. The fraction of sp³-hybridized carbons (Fsp3) is 0.500. The van der Waals surface area contributed by atoms with Crippen molar-refractivity contribution < 1.29 is 9.13 Å². The van der Waals surface area contributed by atoms with Crippen LogP contribution in [0.5, 0.6) is 0 Å². The molecular weight excluding hydrogens is 253 g/mol. The molecule has 0 bridgehead atoms. The van der Waals surface area contributed by atoms with Crippen molar-refractivity contribution in [3.05, 3.63) is 16.9 Å². The Morgan fingerprint density at radius 2 is 2.14 bits per heavy atom. The molecule has 14 heavy (non-hydrogen) atoms. The average molecular weight is 262 g/mol. The van der Waals surface area contributed by atoms with Gasteiger partial charge < -0.3 is 10.1 Å². The van der Waals surface area contributed by atoms with Gasteiger partial charge in [-0.3, -0.25) is 0 Å². The molecule has 1 fully saturated rings. The summed E-state index contributed by atoms with van der Waals surface area (Å²) in [6.45, 7) is 0.509. The highest BCUT2D eigenvalue weighted by Crippen LogP contribution is 2.14. The van der Waals surface area contributed by atoms with Crippen molar-refractivity contribution in [1.29, 1.82) is 0 Å². The molecule has 2 rings (SSSR count). The second kappa shape index (κ2) is 4.18. The molecule has 0 unspecified atom stereocenters. The fourth-order valence-electron chi connectivity index (χ4n) is 1.21. The normalized spacial score (nSPS) is 26.4. The van der Waals surface area contributed by atoms with Gasteiger partial charge in [0.2, 0.25) is 5.95 Å². The summed E-state index contributed by atoms with van der Waals surface area (Å²) < 4.78 is 18.9. The lowest BCUT2D eigenvalue weighted by molar-refractivity contribution is 0.173. The highest BCUT2D eigenvalue weighted by Gasteiger charge is 2.28. The van der Waals surface area contributed by atoms with Crippen LogP contribution >= 0.6 is 15.9 Å². The van der Waals surface area contributed by atoms with Crippen molar-refractivity contribution >= 4 is 21.9 Å². The van der Waals surface area contributed by atoms with E-state index < -0.39 is 6.17 Å². The molecule has 76 valence electrons. The van der Waals surface area contributed by atoms with E-state index in [9.17, 15) is 4.39 Å². The Labute approximate surface area is 89.0 Å². The Hall–Kier alpha value is -0.750. The van der Waals surface area contributed by atoms with E-state index in [1.54, 1.807) is 12.4 Å². The number of aromatic nitrogens is 2. The van der Waals surface area contributed by atoms with Gasteiger partial charge in [-0.15, -0.1) is 0 Å². The lowest BCUT2D eigenvalue weighted by Crippen LogP contribution is -2.29. The molecule has 0 aromatic carbocycles. The van der Waals surface area contributed by atoms with E-state index >= 15 is 0 Å². The van der Waals surface area contributed by atoms with Crippen molar-refractivity contribution in [2.75, 3.05) is 18.5 Å². The first-order chi connectivity index (χ1) is 6.75. The molecule has 1 aromatic rings. The van der Waals surface area contributed by atoms with Crippen molar-refractivity contribution in [2.45, 2.75) is 12.2 Å². The zero-order chi connectivity index (χ0) is 9.97. The minimum Gasteiger partial charge on any atom is -0.376 e. The van der Waals surface area contributed by atoms with E-state index in [0.29, 0.717) is 12.6 Å². The first kappa shape index (κ1) is 9.79. The van der Waals surface area contributed by atoms with Gasteiger partial charge in [-0.05, 0) is 15.9 Å². The minimum absolute atomic E-state index is 0.147. The number of nitrogens with zero attached hydrogens (tertiary/aromatic N) is 2. The standard InChI is InChI=1S/C8H9BrFN3O/c9-5-1-11-8(12-2-5)13-7-4-14-3-6(7)10/h1-2,6-7H,3-4H2,(H,11,12,13)/t6-,7-/m1/s1. The molecular formula is C8H9BrFN3O. The number of hydrogen-bond donors (Lipinski definition) is 1. The van der Waals surface area contributed by atoms with Gasteiger partial charge >= 0.3 is 0 Å². The van der Waals surface area contributed by atoms with Crippen LogP contribution in [0.25, 0.3) is 0 Å². The minimum atomic E-state index is -0.984. The van der Waals surface area contributed by atoms with Crippen LogP contribution in [0.15, 0.2) is 16.9 Å². The van der Waals surface area contributed by atoms with Crippen LogP contribution in [0.1, 0.15) is 0 Å². The highest BCUT2D eigenvalue weighted by molar-refractivity contribution is 9.10. The molecule has 1 saturated heterocycles. The monoisotopic (exact) mass is 261 g/mol. The molecule has 1 aliphatic rings. The number of nitrogens with one attached hydrogen (secondary N) is 1. The van der Waals surface area contributed by atoms with Gasteiger partial charge in [-0.25, -0.2) is 14.4 Å². The third kappa shape index (κ3) is 2.19. The molecule has 4 nitrogen and oxygen atoms in total. The maximum Gasteiger partial charge on any atom is 0.223 e. The molecule has 6 heteroatoms. The third-order valence-corrected chi connectivity index (χ3v) is 2.36. The SMILES string of the molecule is F[C@@H]1COC[C@H]1Nc1ncc(Br)cn1. The van der Waals surface area contributed by atoms with Gasteiger partial charge in [-0.2, -0.15) is 0 Å². The molecule has 0 saturated carbocycles. The van der Waals surface area contributed by atoms with Crippen molar-refractivity contribution in [3.8, 4) is 0 Å². The number of ether oxygens (including phenoxy) is 1. The van der Waals surface area contributed by atoms with Crippen LogP contribution < -0.4 is 5.32 Å². The number of rotatable bonds is 2. The number of anilines is 1. The van der Waals surface area contributed by atoms with E-state index in [-0.39, 0.29) is 12.6 Å². The van der Waals surface area contributed by atoms with Gasteiger partial charge in [0, 0.05) is 12.4 Å². The highest BCUT2D eigenvalue weighted by atomic mass is 79.9. The Bertz CT molecular complexity index is 308. The number of alkyl halides is 1. The van der Waals surface area contributed by atoms with Crippen LogP contribution in [0.3, 0.4) is 0 Å². The molecule has 1 aliphatic heterocycles. The number of hydrogen-bond acceptors (Lipinski definition) is 4. The molecule has 1 N–H and O–H groups in total. The zero-order valence-corrected chi connectivity index (χ0v) is 8.87. The second-order valence-electron chi connectivity index (χ2n) is 3.03. The summed E-state index contributed by atoms with van der Waals surface area (Å²) in [6.07, 6.45) is 2.23. The van der Waals surface area contributed by atoms with Crippen LogP contribution in [0, 0.1) is 0 Å². The molecule has 0 spiro atoms. The first-order valence-electron chi connectivity index (χ1n) is 4.21. The van der Waals surface area contributed by atoms with E-state index in [2.05, 4.69) is 31.2 Å². The summed E-state index contributed by atoms with van der Waals surface area (Å²) in [5.74, 6) is 0.423. The molecule has 2 heterocycles. The van der Waals surface area contributed by atoms with Crippen molar-refractivity contribution in [3.63, 3.8) is 0 Å². The Kier molecular flexibility index (Phi) is 2.93. The summed E-state index contributed by atoms with van der Waals surface area (Å²) in [5, 5.41) is 2.87.